The molecule has 4 rings (SSSR count). The van der Waals surface area contributed by atoms with Gasteiger partial charge in [0.15, 0.2) is 0 Å². The number of aromatic nitrogens is 1. The van der Waals surface area contributed by atoms with Crippen LogP contribution in [0.5, 0.6) is 0 Å². The van der Waals surface area contributed by atoms with Crippen molar-refractivity contribution in [1.82, 2.24) is 4.98 Å². The Kier molecular flexibility index (Phi) is 4.72. The summed E-state index contributed by atoms with van der Waals surface area (Å²) in [5.74, 6) is 0.149. The smallest absolute Gasteiger partial charge is 0.262 e. The quantitative estimate of drug-likeness (QED) is 0.557. The lowest BCUT2D eigenvalue weighted by atomic mass is 10.1. The predicted octanol–water partition coefficient (Wildman–Crippen LogP) is 4.93. The largest absolute Gasteiger partial charge is 0.438 e. The number of benzene rings is 2. The molecular weight excluding hydrogens is 350 g/mol. The second-order valence-corrected chi connectivity index (χ2v) is 6.50. The number of amides is 1. The van der Waals surface area contributed by atoms with Gasteiger partial charge < -0.3 is 9.73 Å². The number of hydrogen-bond acceptors (Lipinski definition) is 4. The van der Waals surface area contributed by atoms with Crippen molar-refractivity contribution in [1.29, 1.82) is 0 Å². The molecule has 0 aliphatic rings. The van der Waals surface area contributed by atoms with Crippen molar-refractivity contribution in [2.45, 2.75) is 13.8 Å². The van der Waals surface area contributed by atoms with Crippen LogP contribution in [0.4, 0.5) is 11.5 Å². The Bertz CT molecular complexity index is 1230. The number of carbonyl (C=O) groups is 1. The van der Waals surface area contributed by atoms with Gasteiger partial charge >= 0.3 is 0 Å². The molecular formula is C23H19N3O2. The summed E-state index contributed by atoms with van der Waals surface area (Å²) < 4.78 is 6.00. The second kappa shape index (κ2) is 7.48. The first-order valence-corrected chi connectivity index (χ1v) is 8.98. The highest BCUT2D eigenvalue weighted by Crippen LogP contribution is 2.21. The molecule has 2 aromatic carbocycles. The Hall–Kier alpha value is -3.73. The maximum atomic E-state index is 12.9. The van der Waals surface area contributed by atoms with Crippen molar-refractivity contribution >= 4 is 28.4 Å². The molecule has 1 N–H and O–H groups in total. The van der Waals surface area contributed by atoms with Crippen LogP contribution in [0.2, 0.25) is 0 Å². The summed E-state index contributed by atoms with van der Waals surface area (Å²) in [5, 5.41) is 3.63. The topological polar surface area (TPSA) is 67.5 Å². The zero-order valence-corrected chi connectivity index (χ0v) is 15.6. The molecule has 5 nitrogen and oxygen atoms in total. The molecule has 1 amide bonds. The number of aryl methyl sites for hydroxylation is 1. The maximum Gasteiger partial charge on any atom is 0.262 e. The number of pyridine rings is 1. The summed E-state index contributed by atoms with van der Waals surface area (Å²) in [4.78, 5) is 21.8. The lowest BCUT2D eigenvalue weighted by Crippen LogP contribution is -2.22. The van der Waals surface area contributed by atoms with Crippen LogP contribution < -0.4 is 10.9 Å². The second-order valence-electron chi connectivity index (χ2n) is 6.50. The predicted molar refractivity (Wildman–Crippen MR) is 110 cm³/mol. The molecule has 2 aromatic heterocycles. The van der Waals surface area contributed by atoms with Crippen LogP contribution >= 0.6 is 0 Å². The molecule has 5 heteroatoms. The van der Waals surface area contributed by atoms with Gasteiger partial charge in [-0.25, -0.2) is 9.98 Å². The van der Waals surface area contributed by atoms with Gasteiger partial charge in [-0.15, -0.1) is 0 Å². The van der Waals surface area contributed by atoms with Gasteiger partial charge in [-0.1, -0.05) is 36.4 Å². The van der Waals surface area contributed by atoms with Gasteiger partial charge in [0, 0.05) is 11.6 Å². The number of carbonyl (C=O) groups excluding carboxylic acids is 1. The van der Waals surface area contributed by atoms with Gasteiger partial charge in [-0.3, -0.25) is 4.79 Å². The fraction of sp³-hybridized carbons (Fsp3) is 0.0870. The minimum atomic E-state index is -0.322. The molecule has 0 saturated heterocycles. The number of hydrogen-bond donors (Lipinski definition) is 1. The van der Waals surface area contributed by atoms with Crippen LogP contribution in [-0.4, -0.2) is 10.9 Å². The molecule has 0 saturated carbocycles. The van der Waals surface area contributed by atoms with Crippen LogP contribution in [0, 0.1) is 13.8 Å². The van der Waals surface area contributed by atoms with Gasteiger partial charge in [-0.2, -0.15) is 0 Å². The molecule has 0 aliphatic carbocycles. The molecule has 4 aromatic rings. The molecule has 0 radical (unpaired) electrons. The van der Waals surface area contributed by atoms with Crippen LogP contribution in [0.3, 0.4) is 0 Å². The number of anilines is 1. The zero-order valence-electron chi connectivity index (χ0n) is 15.6. The lowest BCUT2D eigenvalue weighted by Gasteiger charge is -2.07. The number of rotatable bonds is 3. The highest BCUT2D eigenvalue weighted by molar-refractivity contribution is 6.04. The normalized spacial score (nSPS) is 11.6. The fourth-order valence-electron chi connectivity index (χ4n) is 2.90. The third-order valence-corrected chi connectivity index (χ3v) is 4.61. The zero-order chi connectivity index (χ0) is 19.5. The van der Waals surface area contributed by atoms with Crippen molar-refractivity contribution in [3.63, 3.8) is 0 Å². The number of nitrogens with one attached hydrogen (secondary N) is 1. The third-order valence-electron chi connectivity index (χ3n) is 4.61. The molecule has 138 valence electrons. The van der Waals surface area contributed by atoms with E-state index in [1.165, 1.54) is 0 Å². The van der Waals surface area contributed by atoms with Gasteiger partial charge in [0.25, 0.3) is 5.91 Å². The van der Waals surface area contributed by atoms with Crippen molar-refractivity contribution < 1.29 is 9.21 Å². The Morgan fingerprint density at radius 3 is 2.64 bits per heavy atom. The van der Waals surface area contributed by atoms with Gasteiger partial charge in [0.2, 0.25) is 5.55 Å². The van der Waals surface area contributed by atoms with E-state index in [0.717, 1.165) is 22.2 Å². The van der Waals surface area contributed by atoms with Crippen molar-refractivity contribution in [3.05, 3.63) is 95.2 Å². The van der Waals surface area contributed by atoms with E-state index in [0.29, 0.717) is 17.0 Å². The van der Waals surface area contributed by atoms with Crippen molar-refractivity contribution in [3.8, 4) is 0 Å². The minimum absolute atomic E-state index is 0.265. The minimum Gasteiger partial charge on any atom is -0.438 e. The molecule has 0 fully saturated rings. The number of para-hydroxylation sites is 1. The fourth-order valence-corrected chi connectivity index (χ4v) is 2.90. The summed E-state index contributed by atoms with van der Waals surface area (Å²) in [7, 11) is 0. The summed E-state index contributed by atoms with van der Waals surface area (Å²) in [6.45, 7) is 4.03. The van der Waals surface area contributed by atoms with Gasteiger partial charge in [0.05, 0.1) is 5.69 Å². The Morgan fingerprint density at radius 1 is 1.00 bits per heavy atom. The van der Waals surface area contributed by atoms with Crippen molar-refractivity contribution in [2.75, 3.05) is 5.32 Å². The Labute approximate surface area is 162 Å². The van der Waals surface area contributed by atoms with E-state index in [2.05, 4.69) is 15.3 Å². The van der Waals surface area contributed by atoms with Crippen LogP contribution in [0.25, 0.3) is 11.0 Å². The summed E-state index contributed by atoms with van der Waals surface area (Å²) in [5.41, 5.74) is 4.22. The first kappa shape index (κ1) is 17.7. The third kappa shape index (κ3) is 3.55. The molecule has 28 heavy (non-hydrogen) atoms. The van der Waals surface area contributed by atoms with Crippen LogP contribution in [-0.2, 0) is 0 Å². The Balaban J connectivity index is 1.89. The highest BCUT2D eigenvalue weighted by atomic mass is 16.3. The lowest BCUT2D eigenvalue weighted by molar-refractivity contribution is 0.102. The summed E-state index contributed by atoms with van der Waals surface area (Å²) >= 11 is 0. The first-order valence-electron chi connectivity index (χ1n) is 8.98. The molecule has 0 atom stereocenters. The van der Waals surface area contributed by atoms with E-state index in [1.807, 2.05) is 62.4 Å². The van der Waals surface area contributed by atoms with E-state index >= 15 is 0 Å². The number of nitrogens with zero attached hydrogens (tertiary/aromatic N) is 2. The number of fused-ring (bicyclic) bond motifs is 1. The van der Waals surface area contributed by atoms with Gasteiger partial charge in [0.1, 0.15) is 17.0 Å². The molecule has 0 unspecified atom stereocenters. The monoisotopic (exact) mass is 369 g/mol. The molecule has 2 heterocycles. The van der Waals surface area contributed by atoms with E-state index < -0.39 is 0 Å². The van der Waals surface area contributed by atoms with E-state index in [1.54, 1.807) is 24.4 Å². The van der Waals surface area contributed by atoms with Crippen LogP contribution in [0.1, 0.15) is 21.5 Å². The summed E-state index contributed by atoms with van der Waals surface area (Å²) in [6.07, 6.45) is 1.63. The Morgan fingerprint density at radius 2 is 1.82 bits per heavy atom. The van der Waals surface area contributed by atoms with Crippen LogP contribution in [0.15, 0.2) is 82.3 Å². The van der Waals surface area contributed by atoms with E-state index in [-0.39, 0.29) is 11.5 Å². The molecule has 0 spiro atoms. The standard InChI is InChI=1S/C23H19N3O2/c1-15-8-7-10-19(16(15)2)25-23-18(14-17-9-3-4-11-20(17)28-23)22(27)26-21-12-5-6-13-24-21/h3-14H,1-2H3,(H,24,26,27). The average Bonchev–Trinajstić information content (AvgIpc) is 2.71. The first-order chi connectivity index (χ1) is 13.6. The van der Waals surface area contributed by atoms with Crippen molar-refractivity contribution in [2.24, 2.45) is 4.99 Å². The van der Waals surface area contributed by atoms with Gasteiger partial charge in [-0.05, 0) is 55.3 Å². The summed E-state index contributed by atoms with van der Waals surface area (Å²) in [6, 6.07) is 20.6. The SMILES string of the molecule is Cc1cccc(N=c2oc3ccccc3cc2C(=O)Nc2ccccn2)c1C. The molecule has 0 bridgehead atoms. The molecule has 0 aliphatic heterocycles. The maximum absolute atomic E-state index is 12.9. The highest BCUT2D eigenvalue weighted by Gasteiger charge is 2.14. The average molecular weight is 369 g/mol. The van der Waals surface area contributed by atoms with E-state index in [4.69, 9.17) is 4.42 Å². The van der Waals surface area contributed by atoms with E-state index in [9.17, 15) is 4.79 Å².